The molecule has 3 unspecified atom stereocenters. The molecule has 2 amide bonds. The molecule has 0 bridgehead atoms. The van der Waals surface area contributed by atoms with Crippen molar-refractivity contribution in [3.05, 3.63) is 176 Å². The Morgan fingerprint density at radius 3 is 2.30 bits per heavy atom. The number of pyridine rings is 1. The number of carbonyl (C=O) groups is 3. The number of hydrogen-bond acceptors (Lipinski definition) is 7. The number of amides is 2. The fourth-order valence-corrected chi connectivity index (χ4v) is 8.00. The zero-order valence-electron chi connectivity index (χ0n) is 33.8. The molecule has 3 atom stereocenters. The molecule has 2 N–H and O–H groups in total. The van der Waals surface area contributed by atoms with E-state index in [0.717, 1.165) is 55.8 Å². The van der Waals surface area contributed by atoms with Crippen LogP contribution in [0.4, 0.5) is 0 Å². The van der Waals surface area contributed by atoms with E-state index >= 15 is 0 Å². The van der Waals surface area contributed by atoms with Crippen LogP contribution in [0.2, 0.25) is 10.0 Å². The van der Waals surface area contributed by atoms with E-state index in [-0.39, 0.29) is 31.9 Å². The van der Waals surface area contributed by atoms with Gasteiger partial charge in [-0.15, -0.1) is 0 Å². The number of aliphatic carboxylic acids is 1. The van der Waals surface area contributed by atoms with Gasteiger partial charge < -0.3 is 29.5 Å². The number of nitrogens with zero attached hydrogens (tertiary/aromatic N) is 2. The van der Waals surface area contributed by atoms with Crippen LogP contribution in [0.15, 0.2) is 115 Å². The monoisotopic (exact) mass is 855 g/mol. The standard InChI is InChI=1S/C49H43Cl2N3O7/c1-28-4-9-35(10-5-28)48(56)54-25-37-24-45-44(60-27-46(61-45)34-13-15-38(16-14-34)59-26-32-8-17-40(50)41(51)20-32)23-36(37)22-43(54)47(55)53-42(49(57)58)21-31-6-11-33(12-7-31)39-18-19-52-30(3)29(39)2/h4-20,23-24,42-43,46H,21-22,25-27H2,1-3H3,(H,53,55)(H,57,58). The number of rotatable bonds is 11. The lowest BCUT2D eigenvalue weighted by atomic mass is 9.91. The minimum atomic E-state index is -1.23. The predicted molar refractivity (Wildman–Crippen MR) is 234 cm³/mol. The van der Waals surface area contributed by atoms with E-state index in [4.69, 9.17) is 37.4 Å². The van der Waals surface area contributed by atoms with Crippen molar-refractivity contribution in [1.29, 1.82) is 0 Å². The Kier molecular flexibility index (Phi) is 12.0. The van der Waals surface area contributed by atoms with Crippen molar-refractivity contribution in [2.45, 2.75) is 65.0 Å². The van der Waals surface area contributed by atoms with E-state index in [2.05, 4.69) is 10.3 Å². The van der Waals surface area contributed by atoms with Gasteiger partial charge in [-0.1, -0.05) is 83.4 Å². The SMILES string of the molecule is Cc1ccc(C(=O)N2Cc3cc4c(cc3CC2C(=O)NC(Cc2ccc(-c3ccnc(C)c3C)cc2)C(=O)O)OCC(c2ccc(OCc3ccc(Cl)c(Cl)c3)cc2)O4)cc1. The molecule has 61 heavy (non-hydrogen) atoms. The predicted octanol–water partition coefficient (Wildman–Crippen LogP) is 9.45. The normalized spacial score (nSPS) is 16.0. The van der Waals surface area contributed by atoms with Crippen molar-refractivity contribution < 1.29 is 33.7 Å². The van der Waals surface area contributed by atoms with Crippen LogP contribution in [0.25, 0.3) is 11.1 Å². The third kappa shape index (κ3) is 9.21. The van der Waals surface area contributed by atoms with Crippen molar-refractivity contribution in [2.75, 3.05) is 6.61 Å². The Labute approximate surface area is 364 Å². The molecule has 0 fully saturated rings. The molecule has 0 saturated heterocycles. The summed E-state index contributed by atoms with van der Waals surface area (Å²) in [4.78, 5) is 46.9. The smallest absolute Gasteiger partial charge is 0.326 e. The summed E-state index contributed by atoms with van der Waals surface area (Å²) in [5, 5.41) is 14.0. The first-order valence-electron chi connectivity index (χ1n) is 19.9. The lowest BCUT2D eigenvalue weighted by Gasteiger charge is -2.37. The number of carboxylic acids is 1. The number of aryl methyl sites for hydroxylation is 2. The van der Waals surface area contributed by atoms with Gasteiger partial charge in [-0.05, 0) is 120 Å². The second-order valence-electron chi connectivity index (χ2n) is 15.5. The highest BCUT2D eigenvalue weighted by Crippen LogP contribution is 2.41. The highest BCUT2D eigenvalue weighted by Gasteiger charge is 2.38. The van der Waals surface area contributed by atoms with Gasteiger partial charge in [-0.2, -0.15) is 0 Å². The van der Waals surface area contributed by atoms with Gasteiger partial charge in [-0.25, -0.2) is 4.79 Å². The molecule has 2 aliphatic heterocycles. The molecule has 1 aromatic heterocycles. The van der Waals surface area contributed by atoms with Crippen molar-refractivity contribution in [1.82, 2.24) is 15.2 Å². The molecule has 0 spiro atoms. The van der Waals surface area contributed by atoms with Gasteiger partial charge in [0.25, 0.3) is 5.91 Å². The lowest BCUT2D eigenvalue weighted by Crippen LogP contribution is -2.56. The molecule has 6 aromatic rings. The van der Waals surface area contributed by atoms with E-state index in [0.29, 0.717) is 39.5 Å². The topological polar surface area (TPSA) is 127 Å². The molecule has 2 aliphatic rings. The molecular formula is C49H43Cl2N3O7. The van der Waals surface area contributed by atoms with Crippen LogP contribution < -0.4 is 19.5 Å². The number of hydrogen-bond donors (Lipinski definition) is 2. The highest BCUT2D eigenvalue weighted by atomic mass is 35.5. The van der Waals surface area contributed by atoms with Crippen LogP contribution in [0.1, 0.15) is 61.1 Å². The summed E-state index contributed by atoms with van der Waals surface area (Å²) in [6.45, 7) is 6.58. The maximum absolute atomic E-state index is 14.2. The summed E-state index contributed by atoms with van der Waals surface area (Å²) >= 11 is 12.2. The number of carboxylic acid groups (broad SMARTS) is 1. The van der Waals surface area contributed by atoms with Crippen LogP contribution in [-0.2, 0) is 35.6 Å². The fraction of sp³-hybridized carbons (Fsp3) is 0.224. The molecule has 3 heterocycles. The number of benzene rings is 5. The first-order chi connectivity index (χ1) is 29.4. The van der Waals surface area contributed by atoms with Gasteiger partial charge in [0.1, 0.15) is 31.0 Å². The second kappa shape index (κ2) is 17.7. The number of fused-ring (bicyclic) bond motifs is 2. The van der Waals surface area contributed by atoms with Crippen molar-refractivity contribution in [3.63, 3.8) is 0 Å². The quantitative estimate of drug-likeness (QED) is 0.132. The molecule has 8 rings (SSSR count). The Morgan fingerprint density at radius 2 is 1.57 bits per heavy atom. The van der Waals surface area contributed by atoms with Crippen LogP contribution in [-0.4, -0.2) is 51.5 Å². The summed E-state index contributed by atoms with van der Waals surface area (Å²) in [5.41, 5.74) is 9.58. The van der Waals surface area contributed by atoms with E-state index in [1.54, 1.807) is 30.5 Å². The molecule has 0 saturated carbocycles. The molecular weight excluding hydrogens is 813 g/mol. The van der Waals surface area contributed by atoms with Crippen molar-refractivity contribution >= 4 is 41.0 Å². The van der Waals surface area contributed by atoms with Gasteiger partial charge in [0.15, 0.2) is 17.6 Å². The molecule has 0 radical (unpaired) electrons. The molecule has 10 nitrogen and oxygen atoms in total. The van der Waals surface area contributed by atoms with Crippen LogP contribution in [0, 0.1) is 20.8 Å². The minimum absolute atomic E-state index is 0.0548. The number of aromatic nitrogens is 1. The first kappa shape index (κ1) is 41.4. The first-order valence-corrected chi connectivity index (χ1v) is 20.7. The summed E-state index contributed by atoms with van der Waals surface area (Å²) < 4.78 is 18.7. The maximum atomic E-state index is 14.2. The van der Waals surface area contributed by atoms with E-state index in [1.165, 1.54) is 4.90 Å². The summed E-state index contributed by atoms with van der Waals surface area (Å²) in [5.74, 6) is -0.357. The summed E-state index contributed by atoms with van der Waals surface area (Å²) in [6.07, 6.45) is 1.56. The average Bonchev–Trinajstić information content (AvgIpc) is 3.26. The largest absolute Gasteiger partial charge is 0.489 e. The number of ether oxygens (including phenoxy) is 3. The maximum Gasteiger partial charge on any atom is 0.326 e. The summed E-state index contributed by atoms with van der Waals surface area (Å²) in [7, 11) is 0. The Balaban J connectivity index is 0.989. The number of carbonyl (C=O) groups excluding carboxylic acids is 2. The van der Waals surface area contributed by atoms with Crippen molar-refractivity contribution in [3.8, 4) is 28.4 Å². The summed E-state index contributed by atoms with van der Waals surface area (Å²) in [6, 6.07) is 31.2. The molecule has 5 aromatic carbocycles. The molecule has 12 heteroatoms. The zero-order chi connectivity index (χ0) is 42.8. The molecule has 0 aliphatic carbocycles. The van der Waals surface area contributed by atoms with E-state index in [1.807, 2.05) is 106 Å². The Hall–Kier alpha value is -6.36. The third-order valence-electron chi connectivity index (χ3n) is 11.3. The average molecular weight is 857 g/mol. The van der Waals surface area contributed by atoms with E-state index < -0.39 is 30.1 Å². The van der Waals surface area contributed by atoms with Crippen LogP contribution in [0.3, 0.4) is 0 Å². The minimum Gasteiger partial charge on any atom is -0.489 e. The van der Waals surface area contributed by atoms with Crippen molar-refractivity contribution in [2.24, 2.45) is 0 Å². The molecule has 310 valence electrons. The Morgan fingerprint density at radius 1 is 0.852 bits per heavy atom. The second-order valence-corrected chi connectivity index (χ2v) is 16.3. The van der Waals surface area contributed by atoms with Gasteiger partial charge in [0.2, 0.25) is 5.91 Å². The number of halogens is 2. The van der Waals surface area contributed by atoms with Crippen LogP contribution >= 0.6 is 23.2 Å². The number of nitrogens with one attached hydrogen (secondary N) is 1. The lowest BCUT2D eigenvalue weighted by molar-refractivity contribution is -0.142. The highest BCUT2D eigenvalue weighted by molar-refractivity contribution is 6.42. The van der Waals surface area contributed by atoms with E-state index in [9.17, 15) is 19.5 Å². The fourth-order valence-electron chi connectivity index (χ4n) is 7.68. The third-order valence-corrected chi connectivity index (χ3v) is 12.1. The van der Waals surface area contributed by atoms with Gasteiger partial charge in [0.05, 0.1) is 10.0 Å². The van der Waals surface area contributed by atoms with Crippen LogP contribution in [0.5, 0.6) is 17.2 Å². The Bertz CT molecular complexity index is 2620. The van der Waals surface area contributed by atoms with Gasteiger partial charge >= 0.3 is 5.97 Å². The van der Waals surface area contributed by atoms with Gasteiger partial charge in [-0.3, -0.25) is 14.6 Å². The zero-order valence-corrected chi connectivity index (χ0v) is 35.3. The van der Waals surface area contributed by atoms with Gasteiger partial charge in [0, 0.05) is 36.8 Å².